The second kappa shape index (κ2) is 9.94. The number of carbonyl (C=O) groups excluding carboxylic acids is 2. The summed E-state index contributed by atoms with van der Waals surface area (Å²) in [7, 11) is 1.53. The standard InChI is InChI=1S/C23H22N2O4/c1-28-19-11-7-10-18(16-19)25-23(27)22(26)24-14-15-29-21-13-6-5-12-20(21)17-8-3-2-4-9-17/h2-13,16H,14-15H2,1H3,(H,24,26)(H,25,27). The molecule has 3 rings (SSSR count). The summed E-state index contributed by atoms with van der Waals surface area (Å²) in [4.78, 5) is 24.0. The molecule has 29 heavy (non-hydrogen) atoms. The highest BCUT2D eigenvalue weighted by Gasteiger charge is 2.13. The van der Waals surface area contributed by atoms with Crippen molar-refractivity contribution in [1.29, 1.82) is 0 Å². The molecule has 0 aliphatic heterocycles. The Balaban J connectivity index is 1.49. The van der Waals surface area contributed by atoms with Crippen LogP contribution in [0, 0.1) is 0 Å². The van der Waals surface area contributed by atoms with Gasteiger partial charge in [-0.25, -0.2) is 0 Å². The van der Waals surface area contributed by atoms with Gasteiger partial charge in [0.15, 0.2) is 0 Å². The average molecular weight is 390 g/mol. The van der Waals surface area contributed by atoms with Crippen molar-refractivity contribution < 1.29 is 19.1 Å². The molecule has 0 radical (unpaired) electrons. The maximum atomic E-state index is 12.0. The summed E-state index contributed by atoms with van der Waals surface area (Å²) in [6.45, 7) is 0.440. The Labute approximate surface area is 169 Å². The molecule has 0 saturated heterocycles. The SMILES string of the molecule is COc1cccc(NC(=O)C(=O)NCCOc2ccccc2-c2ccccc2)c1. The molecule has 2 N–H and O–H groups in total. The molecule has 0 atom stereocenters. The third kappa shape index (κ3) is 5.59. The average Bonchev–Trinajstić information content (AvgIpc) is 2.77. The maximum absolute atomic E-state index is 12.0. The van der Waals surface area contributed by atoms with Crippen molar-refractivity contribution in [3.63, 3.8) is 0 Å². The lowest BCUT2D eigenvalue weighted by atomic mass is 10.1. The van der Waals surface area contributed by atoms with E-state index >= 15 is 0 Å². The number of amides is 2. The summed E-state index contributed by atoms with van der Waals surface area (Å²) < 4.78 is 10.9. The number of para-hydroxylation sites is 1. The first-order valence-corrected chi connectivity index (χ1v) is 9.18. The highest BCUT2D eigenvalue weighted by atomic mass is 16.5. The van der Waals surface area contributed by atoms with Crippen molar-refractivity contribution in [1.82, 2.24) is 5.32 Å². The van der Waals surface area contributed by atoms with Gasteiger partial charge in [-0.3, -0.25) is 9.59 Å². The maximum Gasteiger partial charge on any atom is 0.313 e. The summed E-state index contributed by atoms with van der Waals surface area (Å²) in [5.41, 5.74) is 2.50. The molecule has 3 aromatic carbocycles. The van der Waals surface area contributed by atoms with Gasteiger partial charge in [-0.1, -0.05) is 54.6 Å². The van der Waals surface area contributed by atoms with Crippen LogP contribution in [0.25, 0.3) is 11.1 Å². The first-order valence-electron chi connectivity index (χ1n) is 9.18. The fraction of sp³-hybridized carbons (Fsp3) is 0.130. The second-order valence-corrected chi connectivity index (χ2v) is 6.15. The number of ether oxygens (including phenoxy) is 2. The van der Waals surface area contributed by atoms with Gasteiger partial charge in [0, 0.05) is 17.3 Å². The zero-order valence-electron chi connectivity index (χ0n) is 16.1. The van der Waals surface area contributed by atoms with E-state index in [1.54, 1.807) is 24.3 Å². The van der Waals surface area contributed by atoms with Gasteiger partial charge >= 0.3 is 11.8 Å². The summed E-state index contributed by atoms with van der Waals surface area (Å²) in [6.07, 6.45) is 0. The predicted octanol–water partition coefficient (Wildman–Crippen LogP) is 3.50. The van der Waals surface area contributed by atoms with E-state index in [-0.39, 0.29) is 13.2 Å². The molecule has 0 heterocycles. The number of benzene rings is 3. The van der Waals surface area contributed by atoms with Crippen LogP contribution in [-0.4, -0.2) is 32.1 Å². The van der Waals surface area contributed by atoms with Crippen molar-refractivity contribution in [2.24, 2.45) is 0 Å². The summed E-state index contributed by atoms with van der Waals surface area (Å²) in [6, 6.07) is 24.4. The van der Waals surface area contributed by atoms with Crippen molar-refractivity contribution in [2.45, 2.75) is 0 Å². The van der Waals surface area contributed by atoms with Crippen molar-refractivity contribution >= 4 is 17.5 Å². The molecular weight excluding hydrogens is 368 g/mol. The molecule has 0 fully saturated rings. The van der Waals surface area contributed by atoms with Crippen LogP contribution in [0.1, 0.15) is 0 Å². The number of hydrogen-bond donors (Lipinski definition) is 2. The van der Waals surface area contributed by atoms with Gasteiger partial charge < -0.3 is 20.1 Å². The monoisotopic (exact) mass is 390 g/mol. The van der Waals surface area contributed by atoms with Gasteiger partial charge in [0.1, 0.15) is 18.1 Å². The molecule has 0 spiro atoms. The molecule has 6 heteroatoms. The van der Waals surface area contributed by atoms with Crippen LogP contribution in [0.3, 0.4) is 0 Å². The molecule has 0 aliphatic carbocycles. The Morgan fingerprint density at radius 2 is 1.62 bits per heavy atom. The van der Waals surface area contributed by atoms with Gasteiger partial charge in [0.2, 0.25) is 0 Å². The Bertz CT molecular complexity index is 973. The summed E-state index contributed by atoms with van der Waals surface area (Å²) in [5, 5.41) is 5.09. The fourth-order valence-corrected chi connectivity index (χ4v) is 2.74. The van der Waals surface area contributed by atoms with Crippen molar-refractivity contribution in [3.05, 3.63) is 78.9 Å². The van der Waals surface area contributed by atoms with Crippen LogP contribution in [-0.2, 0) is 9.59 Å². The number of nitrogens with one attached hydrogen (secondary N) is 2. The highest BCUT2D eigenvalue weighted by molar-refractivity contribution is 6.39. The number of methoxy groups -OCH3 is 1. The molecule has 148 valence electrons. The Hall–Kier alpha value is -3.80. The quantitative estimate of drug-likeness (QED) is 0.478. The summed E-state index contributed by atoms with van der Waals surface area (Å²) >= 11 is 0. The van der Waals surface area contributed by atoms with E-state index in [0.717, 1.165) is 11.1 Å². The lowest BCUT2D eigenvalue weighted by Gasteiger charge is -2.12. The van der Waals surface area contributed by atoms with E-state index < -0.39 is 11.8 Å². The largest absolute Gasteiger partial charge is 0.497 e. The molecule has 0 aromatic heterocycles. The Morgan fingerprint density at radius 1 is 0.862 bits per heavy atom. The highest BCUT2D eigenvalue weighted by Crippen LogP contribution is 2.29. The number of hydrogen-bond acceptors (Lipinski definition) is 4. The third-order valence-corrected chi connectivity index (χ3v) is 4.15. The molecular formula is C23H22N2O4. The molecule has 6 nitrogen and oxygen atoms in total. The lowest BCUT2D eigenvalue weighted by molar-refractivity contribution is -0.136. The molecule has 3 aromatic rings. The third-order valence-electron chi connectivity index (χ3n) is 4.15. The topological polar surface area (TPSA) is 76.7 Å². The van der Waals surface area contributed by atoms with Gasteiger partial charge in [0.25, 0.3) is 0 Å². The predicted molar refractivity (Wildman–Crippen MR) is 112 cm³/mol. The van der Waals surface area contributed by atoms with Crippen LogP contribution >= 0.6 is 0 Å². The van der Waals surface area contributed by atoms with Gasteiger partial charge in [0.05, 0.1) is 13.7 Å². The number of anilines is 1. The van der Waals surface area contributed by atoms with E-state index in [1.165, 1.54) is 7.11 Å². The van der Waals surface area contributed by atoms with E-state index in [9.17, 15) is 9.59 Å². The minimum absolute atomic E-state index is 0.202. The van der Waals surface area contributed by atoms with E-state index in [4.69, 9.17) is 9.47 Å². The van der Waals surface area contributed by atoms with Crippen LogP contribution in [0.5, 0.6) is 11.5 Å². The smallest absolute Gasteiger partial charge is 0.313 e. The normalized spacial score (nSPS) is 10.1. The lowest BCUT2D eigenvalue weighted by Crippen LogP contribution is -2.37. The van der Waals surface area contributed by atoms with Crippen LogP contribution in [0.2, 0.25) is 0 Å². The second-order valence-electron chi connectivity index (χ2n) is 6.15. The van der Waals surface area contributed by atoms with Crippen LogP contribution in [0.4, 0.5) is 5.69 Å². The number of rotatable bonds is 7. The minimum Gasteiger partial charge on any atom is -0.497 e. The van der Waals surface area contributed by atoms with Crippen molar-refractivity contribution in [2.75, 3.05) is 25.6 Å². The Morgan fingerprint density at radius 3 is 2.41 bits per heavy atom. The molecule has 0 aliphatic rings. The molecule has 2 amide bonds. The summed E-state index contributed by atoms with van der Waals surface area (Å²) in [5.74, 6) is -0.168. The van der Waals surface area contributed by atoms with Gasteiger partial charge in [-0.05, 0) is 23.8 Å². The first-order chi connectivity index (χ1) is 14.2. The van der Waals surface area contributed by atoms with Crippen molar-refractivity contribution in [3.8, 4) is 22.6 Å². The van der Waals surface area contributed by atoms with Crippen LogP contribution in [0.15, 0.2) is 78.9 Å². The van der Waals surface area contributed by atoms with E-state index in [1.807, 2.05) is 54.6 Å². The first kappa shape index (κ1) is 19.9. The molecule has 0 bridgehead atoms. The van der Waals surface area contributed by atoms with Crippen LogP contribution < -0.4 is 20.1 Å². The van der Waals surface area contributed by atoms with Gasteiger partial charge in [-0.2, -0.15) is 0 Å². The van der Waals surface area contributed by atoms with E-state index in [2.05, 4.69) is 10.6 Å². The number of carbonyl (C=O) groups is 2. The minimum atomic E-state index is -0.747. The van der Waals surface area contributed by atoms with Gasteiger partial charge in [-0.15, -0.1) is 0 Å². The molecule has 0 unspecified atom stereocenters. The zero-order chi connectivity index (χ0) is 20.5. The zero-order valence-corrected chi connectivity index (χ0v) is 16.1. The van der Waals surface area contributed by atoms with E-state index in [0.29, 0.717) is 17.2 Å². The Kier molecular flexibility index (Phi) is 6.84. The molecule has 0 saturated carbocycles. The fourth-order valence-electron chi connectivity index (χ4n) is 2.74.